The quantitative estimate of drug-likeness (QED) is 0.742. The van der Waals surface area contributed by atoms with E-state index in [1.807, 2.05) is 11.6 Å². The van der Waals surface area contributed by atoms with Crippen molar-refractivity contribution in [1.82, 2.24) is 29.8 Å². The predicted octanol–water partition coefficient (Wildman–Crippen LogP) is 0.501. The first-order chi connectivity index (χ1) is 9.66. The third-order valence-corrected chi connectivity index (χ3v) is 3.12. The fraction of sp³-hybridized carbons (Fsp3) is 0.250. The second-order valence-corrected chi connectivity index (χ2v) is 4.40. The molecule has 8 heteroatoms. The molecule has 20 heavy (non-hydrogen) atoms. The molecule has 0 spiro atoms. The largest absolute Gasteiger partial charge is 0.478 e. The van der Waals surface area contributed by atoms with Crippen molar-refractivity contribution in [1.29, 1.82) is 0 Å². The molecule has 3 aromatic rings. The number of para-hydroxylation sites is 1. The zero-order valence-electron chi connectivity index (χ0n) is 10.8. The number of aromatic nitrogens is 6. The lowest BCUT2D eigenvalue weighted by molar-refractivity contribution is 0.0698. The van der Waals surface area contributed by atoms with Crippen LogP contribution in [0.25, 0.3) is 11.0 Å². The van der Waals surface area contributed by atoms with Crippen LogP contribution in [-0.2, 0) is 20.0 Å². The number of carboxylic acid groups (broad SMARTS) is 1. The van der Waals surface area contributed by atoms with Gasteiger partial charge in [-0.3, -0.25) is 0 Å². The lowest BCUT2D eigenvalue weighted by atomic mass is 10.2. The van der Waals surface area contributed by atoms with Gasteiger partial charge in [-0.2, -0.15) is 0 Å². The van der Waals surface area contributed by atoms with Crippen molar-refractivity contribution in [2.45, 2.75) is 13.0 Å². The summed E-state index contributed by atoms with van der Waals surface area (Å²) >= 11 is 0. The summed E-state index contributed by atoms with van der Waals surface area (Å²) in [6.07, 6.45) is 2.22. The van der Waals surface area contributed by atoms with Crippen molar-refractivity contribution >= 4 is 17.0 Å². The molecule has 0 saturated heterocycles. The van der Waals surface area contributed by atoms with Gasteiger partial charge in [-0.15, -0.1) is 15.3 Å². The lowest BCUT2D eigenvalue weighted by Crippen LogP contribution is -2.09. The molecule has 0 amide bonds. The van der Waals surface area contributed by atoms with Gasteiger partial charge in [-0.25, -0.2) is 9.48 Å². The molecule has 0 saturated carbocycles. The van der Waals surface area contributed by atoms with Gasteiger partial charge in [0.1, 0.15) is 23.2 Å². The molecule has 0 bridgehead atoms. The maximum Gasteiger partial charge on any atom is 0.337 e. The van der Waals surface area contributed by atoms with Crippen molar-refractivity contribution in [3.8, 4) is 0 Å². The Morgan fingerprint density at radius 1 is 1.35 bits per heavy atom. The summed E-state index contributed by atoms with van der Waals surface area (Å²) in [7, 11) is 1.86. The minimum absolute atomic E-state index is 0.200. The van der Waals surface area contributed by atoms with E-state index in [4.69, 9.17) is 0 Å². The average molecular weight is 272 g/mol. The van der Waals surface area contributed by atoms with Crippen LogP contribution in [0.5, 0.6) is 0 Å². The zero-order valence-corrected chi connectivity index (χ0v) is 10.8. The van der Waals surface area contributed by atoms with Crippen molar-refractivity contribution in [2.75, 3.05) is 0 Å². The van der Waals surface area contributed by atoms with Gasteiger partial charge in [0.25, 0.3) is 0 Å². The minimum Gasteiger partial charge on any atom is -0.478 e. The normalized spacial score (nSPS) is 11.1. The molecule has 0 atom stereocenters. The smallest absolute Gasteiger partial charge is 0.337 e. The molecule has 2 aromatic heterocycles. The Labute approximate surface area is 113 Å². The molecular formula is C12H12N6O2. The Morgan fingerprint density at radius 3 is 2.90 bits per heavy atom. The van der Waals surface area contributed by atoms with Crippen molar-refractivity contribution in [3.05, 3.63) is 35.9 Å². The Bertz CT molecular complexity index is 775. The molecule has 0 radical (unpaired) electrons. The Balaban J connectivity index is 1.96. The van der Waals surface area contributed by atoms with E-state index in [2.05, 4.69) is 20.5 Å². The van der Waals surface area contributed by atoms with E-state index < -0.39 is 5.97 Å². The molecule has 1 N–H and O–H groups in total. The molecule has 0 fully saturated rings. The van der Waals surface area contributed by atoms with Crippen molar-refractivity contribution in [3.63, 3.8) is 0 Å². The number of hydrogen-bond donors (Lipinski definition) is 1. The second-order valence-electron chi connectivity index (χ2n) is 4.40. The Kier molecular flexibility index (Phi) is 2.90. The maximum absolute atomic E-state index is 11.3. The fourth-order valence-corrected chi connectivity index (χ4v) is 2.10. The minimum atomic E-state index is -0.988. The SMILES string of the molecule is Cn1cnnc1CCn1nnc2cccc(C(=O)O)c21. The molecule has 1 aromatic carbocycles. The summed E-state index contributed by atoms with van der Waals surface area (Å²) in [5, 5.41) is 25.0. The van der Waals surface area contributed by atoms with Gasteiger partial charge in [-0.1, -0.05) is 11.3 Å². The lowest BCUT2D eigenvalue weighted by Gasteiger charge is -2.04. The molecule has 2 heterocycles. The molecular weight excluding hydrogens is 260 g/mol. The third kappa shape index (κ3) is 2.00. The van der Waals surface area contributed by atoms with Crippen LogP contribution in [0.3, 0.4) is 0 Å². The second kappa shape index (κ2) is 4.72. The van der Waals surface area contributed by atoms with E-state index in [-0.39, 0.29) is 5.56 Å². The number of carbonyl (C=O) groups is 1. The molecule has 0 aliphatic heterocycles. The average Bonchev–Trinajstić information content (AvgIpc) is 3.02. The number of benzene rings is 1. The Hall–Kier alpha value is -2.77. The summed E-state index contributed by atoms with van der Waals surface area (Å²) in [4.78, 5) is 11.3. The van der Waals surface area contributed by atoms with Gasteiger partial charge in [0.15, 0.2) is 0 Å². The van der Waals surface area contributed by atoms with Crippen molar-refractivity contribution in [2.24, 2.45) is 7.05 Å². The van der Waals surface area contributed by atoms with Crippen LogP contribution >= 0.6 is 0 Å². The standard InChI is InChI=1S/C12H12N6O2/c1-17-7-13-15-10(17)5-6-18-11-8(12(19)20)3-2-4-9(11)14-16-18/h2-4,7H,5-6H2,1H3,(H,19,20). The molecule has 0 aliphatic rings. The van der Waals surface area contributed by atoms with Gasteiger partial charge < -0.3 is 9.67 Å². The highest BCUT2D eigenvalue weighted by Crippen LogP contribution is 2.17. The van der Waals surface area contributed by atoms with E-state index >= 15 is 0 Å². The van der Waals surface area contributed by atoms with E-state index in [1.165, 1.54) is 0 Å². The highest BCUT2D eigenvalue weighted by Gasteiger charge is 2.14. The number of nitrogens with zero attached hydrogens (tertiary/aromatic N) is 6. The van der Waals surface area contributed by atoms with Crippen LogP contribution < -0.4 is 0 Å². The number of carboxylic acids is 1. The topological polar surface area (TPSA) is 98.7 Å². The van der Waals surface area contributed by atoms with Crippen LogP contribution in [0.1, 0.15) is 16.2 Å². The number of aryl methyl sites for hydroxylation is 3. The van der Waals surface area contributed by atoms with E-state index in [1.54, 1.807) is 29.2 Å². The van der Waals surface area contributed by atoms with Gasteiger partial charge in [0.2, 0.25) is 0 Å². The van der Waals surface area contributed by atoms with E-state index in [0.29, 0.717) is 24.0 Å². The summed E-state index contributed by atoms with van der Waals surface area (Å²) in [6.45, 7) is 0.493. The van der Waals surface area contributed by atoms with Crippen molar-refractivity contribution < 1.29 is 9.90 Å². The Morgan fingerprint density at radius 2 is 2.20 bits per heavy atom. The molecule has 8 nitrogen and oxygen atoms in total. The zero-order chi connectivity index (χ0) is 14.1. The molecule has 102 valence electrons. The fourth-order valence-electron chi connectivity index (χ4n) is 2.10. The van der Waals surface area contributed by atoms with Crippen LogP contribution in [0, 0.1) is 0 Å². The predicted molar refractivity (Wildman–Crippen MR) is 69.2 cm³/mol. The summed E-state index contributed by atoms with van der Waals surface area (Å²) in [5.41, 5.74) is 1.30. The number of rotatable bonds is 4. The summed E-state index contributed by atoms with van der Waals surface area (Å²) < 4.78 is 3.41. The van der Waals surface area contributed by atoms with Gasteiger partial charge in [0.05, 0.1) is 12.1 Å². The van der Waals surface area contributed by atoms with Gasteiger partial charge in [-0.05, 0) is 12.1 Å². The number of fused-ring (bicyclic) bond motifs is 1. The maximum atomic E-state index is 11.3. The monoisotopic (exact) mass is 272 g/mol. The van der Waals surface area contributed by atoms with Gasteiger partial charge >= 0.3 is 5.97 Å². The first-order valence-electron chi connectivity index (χ1n) is 6.05. The highest BCUT2D eigenvalue weighted by atomic mass is 16.4. The van der Waals surface area contributed by atoms with Crippen LogP contribution in [0.4, 0.5) is 0 Å². The van der Waals surface area contributed by atoms with Crippen LogP contribution in [0.2, 0.25) is 0 Å². The first kappa shape index (κ1) is 12.3. The van der Waals surface area contributed by atoms with Crippen LogP contribution in [-0.4, -0.2) is 40.8 Å². The third-order valence-electron chi connectivity index (χ3n) is 3.12. The summed E-state index contributed by atoms with van der Waals surface area (Å²) in [5.74, 6) is -0.181. The van der Waals surface area contributed by atoms with E-state index in [0.717, 1.165) is 5.82 Å². The molecule has 3 rings (SSSR count). The highest BCUT2D eigenvalue weighted by molar-refractivity contribution is 6.00. The van der Waals surface area contributed by atoms with Gasteiger partial charge in [0, 0.05) is 13.5 Å². The molecule has 0 aliphatic carbocycles. The van der Waals surface area contributed by atoms with Crippen LogP contribution in [0.15, 0.2) is 24.5 Å². The van der Waals surface area contributed by atoms with E-state index in [9.17, 15) is 9.90 Å². The number of hydrogen-bond acceptors (Lipinski definition) is 5. The summed E-state index contributed by atoms with van der Waals surface area (Å²) in [6, 6.07) is 4.95. The number of aromatic carboxylic acids is 1. The molecule has 0 unspecified atom stereocenters. The first-order valence-corrected chi connectivity index (χ1v) is 6.05.